The minimum Gasteiger partial charge on any atom is -0.423 e. The summed E-state index contributed by atoms with van der Waals surface area (Å²) in [6, 6.07) is 13.3. The third-order valence-electron chi connectivity index (χ3n) is 3.22. The van der Waals surface area contributed by atoms with E-state index in [4.69, 9.17) is 4.74 Å². The first-order valence-corrected chi connectivity index (χ1v) is 6.36. The van der Waals surface area contributed by atoms with Crippen molar-refractivity contribution in [3.63, 3.8) is 0 Å². The van der Waals surface area contributed by atoms with Gasteiger partial charge in [-0.2, -0.15) is 0 Å². The molecule has 0 amide bonds. The van der Waals surface area contributed by atoms with E-state index < -0.39 is 0 Å². The van der Waals surface area contributed by atoms with E-state index in [0.717, 1.165) is 16.7 Å². The molecule has 0 radical (unpaired) electrons. The van der Waals surface area contributed by atoms with Crippen molar-refractivity contribution >= 4 is 30.0 Å². The first kappa shape index (κ1) is 15.0. The number of rotatable bonds is 2. The van der Waals surface area contributed by atoms with E-state index in [2.05, 4.69) is 4.98 Å². The van der Waals surface area contributed by atoms with Crippen LogP contribution in [0.5, 0.6) is 0 Å². The van der Waals surface area contributed by atoms with Crippen LogP contribution in [0.4, 0.5) is 0 Å². The molecule has 106 valence electrons. The molecule has 4 heteroatoms. The second kappa shape index (κ2) is 6.37. The fourth-order valence-corrected chi connectivity index (χ4v) is 2.19. The third kappa shape index (κ3) is 3.03. The largest absolute Gasteiger partial charge is 0.423 e. The number of cyclic esters (lactones) is 1. The van der Waals surface area contributed by atoms with Crippen LogP contribution in [0.2, 0.25) is 0 Å². The molecule has 0 aliphatic carbocycles. The van der Waals surface area contributed by atoms with Crippen LogP contribution in [0.15, 0.2) is 66.2 Å². The van der Waals surface area contributed by atoms with E-state index in [1.54, 1.807) is 12.4 Å². The quantitative estimate of drug-likeness (QED) is 0.790. The van der Waals surface area contributed by atoms with Crippen molar-refractivity contribution in [1.29, 1.82) is 0 Å². The van der Waals surface area contributed by atoms with Gasteiger partial charge in [-0.25, -0.2) is 4.79 Å². The van der Waals surface area contributed by atoms with E-state index in [9.17, 15) is 4.79 Å². The number of halogens is 1. The van der Waals surface area contributed by atoms with Crippen LogP contribution in [0, 0.1) is 0 Å². The summed E-state index contributed by atoms with van der Waals surface area (Å²) in [4.78, 5) is 16.0. The molecule has 0 N–H and O–H groups in total. The van der Waals surface area contributed by atoms with Crippen molar-refractivity contribution in [3.05, 3.63) is 77.3 Å². The second-order valence-electron chi connectivity index (χ2n) is 4.54. The topological polar surface area (TPSA) is 39.2 Å². The molecule has 0 saturated heterocycles. The zero-order valence-corrected chi connectivity index (χ0v) is 12.3. The Labute approximate surface area is 129 Å². The van der Waals surface area contributed by atoms with Crippen LogP contribution in [0.25, 0.3) is 11.6 Å². The molecule has 2 heterocycles. The first-order chi connectivity index (χ1) is 9.75. The summed E-state index contributed by atoms with van der Waals surface area (Å²) in [7, 11) is 0. The number of hydrogen-bond donors (Lipinski definition) is 0. The molecule has 0 unspecified atom stereocenters. The molecule has 2 aromatic rings. The highest BCUT2D eigenvalue weighted by atomic mass is 35.5. The van der Waals surface area contributed by atoms with E-state index in [0.29, 0.717) is 11.3 Å². The number of esters is 1. The van der Waals surface area contributed by atoms with Crippen molar-refractivity contribution in [2.45, 2.75) is 6.92 Å². The summed E-state index contributed by atoms with van der Waals surface area (Å²) in [5.41, 5.74) is 3.33. The van der Waals surface area contributed by atoms with Gasteiger partial charge in [0.1, 0.15) is 5.76 Å². The molecule has 0 fully saturated rings. The lowest BCUT2D eigenvalue weighted by Gasteiger charge is -1.99. The number of ether oxygens (including phenoxy) is 1. The summed E-state index contributed by atoms with van der Waals surface area (Å²) >= 11 is 0. The molecule has 1 aliphatic rings. The monoisotopic (exact) mass is 299 g/mol. The Morgan fingerprint density at radius 1 is 1.05 bits per heavy atom. The van der Waals surface area contributed by atoms with Gasteiger partial charge >= 0.3 is 5.97 Å². The summed E-state index contributed by atoms with van der Waals surface area (Å²) < 4.78 is 5.37. The minimum atomic E-state index is -0.297. The number of carbonyl (C=O) groups is 1. The molecule has 1 aliphatic heterocycles. The van der Waals surface area contributed by atoms with Crippen molar-refractivity contribution in [2.75, 3.05) is 0 Å². The second-order valence-corrected chi connectivity index (χ2v) is 4.54. The molecule has 0 atom stereocenters. The van der Waals surface area contributed by atoms with Crippen LogP contribution in [0.3, 0.4) is 0 Å². The molecule has 1 aromatic carbocycles. The Bertz CT molecular complexity index is 706. The Balaban J connectivity index is 0.00000161. The number of carbonyl (C=O) groups excluding carboxylic acids is 1. The maximum Gasteiger partial charge on any atom is 0.344 e. The maximum atomic E-state index is 12.1. The van der Waals surface area contributed by atoms with Crippen molar-refractivity contribution in [2.24, 2.45) is 0 Å². The van der Waals surface area contributed by atoms with Crippen LogP contribution in [-0.2, 0) is 9.53 Å². The maximum absolute atomic E-state index is 12.1. The van der Waals surface area contributed by atoms with E-state index in [1.807, 2.05) is 55.5 Å². The predicted molar refractivity (Wildman–Crippen MR) is 84.6 cm³/mol. The number of benzene rings is 1. The molecule has 21 heavy (non-hydrogen) atoms. The average Bonchev–Trinajstić information content (AvgIpc) is 2.75. The summed E-state index contributed by atoms with van der Waals surface area (Å²) in [6.07, 6.45) is 5.27. The first-order valence-electron chi connectivity index (χ1n) is 6.36. The number of aromatic nitrogens is 1. The zero-order chi connectivity index (χ0) is 13.9. The molecule has 1 aromatic heterocycles. The number of pyridine rings is 1. The number of allylic oxidation sites excluding steroid dienone is 1. The summed E-state index contributed by atoms with van der Waals surface area (Å²) in [6.45, 7) is 1.90. The molecule has 0 saturated carbocycles. The van der Waals surface area contributed by atoms with Gasteiger partial charge in [0, 0.05) is 18.0 Å². The zero-order valence-electron chi connectivity index (χ0n) is 11.4. The van der Waals surface area contributed by atoms with Gasteiger partial charge in [0.15, 0.2) is 0 Å². The normalized spacial score (nSPS) is 15.9. The number of nitrogens with zero attached hydrogens (tertiary/aromatic N) is 1. The summed E-state index contributed by atoms with van der Waals surface area (Å²) in [5, 5.41) is 0. The molecule has 3 rings (SSSR count). The average molecular weight is 300 g/mol. The van der Waals surface area contributed by atoms with Crippen molar-refractivity contribution < 1.29 is 9.53 Å². The fourth-order valence-electron chi connectivity index (χ4n) is 2.19. The van der Waals surface area contributed by atoms with Crippen LogP contribution < -0.4 is 0 Å². The Morgan fingerprint density at radius 3 is 2.38 bits per heavy atom. The smallest absolute Gasteiger partial charge is 0.344 e. The third-order valence-corrected chi connectivity index (χ3v) is 3.22. The molecular formula is C17H14ClNO2. The van der Waals surface area contributed by atoms with Gasteiger partial charge in [0.2, 0.25) is 0 Å². The lowest BCUT2D eigenvalue weighted by molar-refractivity contribution is -0.131. The van der Waals surface area contributed by atoms with Gasteiger partial charge in [0.25, 0.3) is 0 Å². The van der Waals surface area contributed by atoms with Crippen molar-refractivity contribution in [3.8, 4) is 0 Å². The van der Waals surface area contributed by atoms with Gasteiger partial charge < -0.3 is 4.74 Å². The Kier molecular flexibility index (Phi) is 4.55. The van der Waals surface area contributed by atoms with E-state index >= 15 is 0 Å². The van der Waals surface area contributed by atoms with Crippen LogP contribution in [-0.4, -0.2) is 11.0 Å². The molecule has 0 spiro atoms. The highest BCUT2D eigenvalue weighted by Gasteiger charge is 2.27. The van der Waals surface area contributed by atoms with Crippen LogP contribution >= 0.6 is 12.4 Å². The summed E-state index contributed by atoms with van der Waals surface area (Å²) in [5.74, 6) is 0.300. The molecule has 0 bridgehead atoms. The van der Waals surface area contributed by atoms with Gasteiger partial charge in [-0.1, -0.05) is 30.3 Å². The SMILES string of the molecule is CC1=C(c2ccccc2)C(=O)O/C1=C/c1ccncc1.Cl. The van der Waals surface area contributed by atoms with Crippen LogP contribution in [0.1, 0.15) is 18.1 Å². The predicted octanol–water partition coefficient (Wildman–Crippen LogP) is 3.87. The Morgan fingerprint density at radius 2 is 1.71 bits per heavy atom. The minimum absolute atomic E-state index is 0. The Hall–Kier alpha value is -2.39. The lowest BCUT2D eigenvalue weighted by atomic mass is 10.0. The molecule has 3 nitrogen and oxygen atoms in total. The lowest BCUT2D eigenvalue weighted by Crippen LogP contribution is -1.97. The number of hydrogen-bond acceptors (Lipinski definition) is 3. The van der Waals surface area contributed by atoms with E-state index in [1.165, 1.54) is 0 Å². The van der Waals surface area contributed by atoms with Crippen molar-refractivity contribution in [1.82, 2.24) is 4.98 Å². The van der Waals surface area contributed by atoms with Gasteiger partial charge in [-0.15, -0.1) is 12.4 Å². The van der Waals surface area contributed by atoms with E-state index in [-0.39, 0.29) is 18.4 Å². The van der Waals surface area contributed by atoms with Gasteiger partial charge in [-0.05, 0) is 36.3 Å². The van der Waals surface area contributed by atoms with Gasteiger partial charge in [0.05, 0.1) is 5.57 Å². The molecular weight excluding hydrogens is 286 g/mol. The highest BCUT2D eigenvalue weighted by Crippen LogP contribution is 2.33. The standard InChI is InChI=1S/C17H13NO2.ClH/c1-12-15(11-13-7-9-18-10-8-13)20-17(19)16(12)14-5-3-2-4-6-14;/h2-11H,1H3;1H/b15-11+;. The fraction of sp³-hybridized carbons (Fsp3) is 0.0588. The van der Waals surface area contributed by atoms with Gasteiger partial charge in [-0.3, -0.25) is 4.98 Å². The highest BCUT2D eigenvalue weighted by molar-refractivity contribution is 6.21.